The topological polar surface area (TPSA) is 99.4 Å². The van der Waals surface area contributed by atoms with E-state index in [4.69, 9.17) is 13.9 Å². The number of nitrogens with one attached hydrogen (secondary N) is 1. The van der Waals surface area contributed by atoms with Gasteiger partial charge in [-0.2, -0.15) is 26.3 Å². The van der Waals surface area contributed by atoms with Crippen LogP contribution in [0.15, 0.2) is 53.0 Å². The normalized spacial score (nSPS) is 20.5. The van der Waals surface area contributed by atoms with Crippen LogP contribution in [-0.4, -0.2) is 33.1 Å². The van der Waals surface area contributed by atoms with Crippen molar-refractivity contribution < 1.29 is 45.0 Å². The van der Waals surface area contributed by atoms with Gasteiger partial charge in [-0.3, -0.25) is 5.32 Å². The van der Waals surface area contributed by atoms with Crippen molar-refractivity contribution >= 4 is 11.8 Å². The number of ether oxygens (including phenoxy) is 2. The predicted octanol–water partition coefficient (Wildman–Crippen LogP) is 8.71. The van der Waals surface area contributed by atoms with Crippen molar-refractivity contribution in [3.8, 4) is 11.6 Å². The molecule has 2 atom stereocenters. The molecule has 1 aromatic carbocycles. The number of allylic oxidation sites excluding steroid dienone is 2. The van der Waals surface area contributed by atoms with Gasteiger partial charge in [0.1, 0.15) is 5.60 Å². The highest BCUT2D eigenvalue weighted by molar-refractivity contribution is 5.89. The molecule has 1 aliphatic rings. The maximum Gasteiger partial charge on any atom is 0.426 e. The van der Waals surface area contributed by atoms with Crippen LogP contribution in [0.5, 0.6) is 0 Å². The lowest BCUT2D eigenvalue weighted by molar-refractivity contribution is -0.299. The fourth-order valence-corrected chi connectivity index (χ4v) is 4.66. The van der Waals surface area contributed by atoms with E-state index in [0.717, 1.165) is 0 Å². The molecule has 0 aliphatic carbocycles. The molecule has 0 fully saturated rings. The number of hydrogen-bond acceptors (Lipinski definition) is 7. The lowest BCUT2D eigenvalue weighted by Crippen LogP contribution is -2.45. The molecule has 0 saturated carbocycles. The Balaban J connectivity index is 1.91. The summed E-state index contributed by atoms with van der Waals surface area (Å²) in [6.45, 7) is 5.74. The first-order valence-corrected chi connectivity index (χ1v) is 13.9. The predicted molar refractivity (Wildman–Crippen MR) is 147 cm³/mol. The van der Waals surface area contributed by atoms with Crippen molar-refractivity contribution in [2.24, 2.45) is 0 Å². The monoisotopic (exact) mass is 626 g/mol. The summed E-state index contributed by atoms with van der Waals surface area (Å²) in [7, 11) is 0. The Morgan fingerprint density at radius 2 is 1.73 bits per heavy atom. The van der Waals surface area contributed by atoms with Crippen LogP contribution in [-0.2, 0) is 27.9 Å². The summed E-state index contributed by atoms with van der Waals surface area (Å²) in [5.74, 6) is -2.34. The van der Waals surface area contributed by atoms with Gasteiger partial charge < -0.3 is 13.9 Å². The molecule has 1 aliphatic heterocycles. The molecule has 1 amide bonds. The molecule has 0 spiro atoms. The van der Waals surface area contributed by atoms with Gasteiger partial charge in [-0.1, -0.05) is 49.4 Å². The molecule has 0 saturated heterocycles. The number of nitrogens with zero attached hydrogens (tertiary/aromatic N) is 3. The van der Waals surface area contributed by atoms with Gasteiger partial charge in [-0.15, -0.1) is 10.2 Å². The number of fused-ring (bicyclic) bond motifs is 5. The molecule has 0 radical (unpaired) electrons. The standard InChI is InChI=1S/C30H32F6N4O4/c1-18-12-8-5-6-11-15-28(30(34,35)36,42-17-19-13-9-7-10-14-19)25-40-39-24(43-25)23-21(37-26(41)44-27(2,3)4)16-20(22(18)38-23)29(31,32)33/h5-7,9-10,13-14,16,18H,8,11-12,15,17H2,1-4H3,(H,37,41)/b6-5-. The summed E-state index contributed by atoms with van der Waals surface area (Å²) in [5.41, 5.74) is -6.13. The van der Waals surface area contributed by atoms with E-state index in [-0.39, 0.29) is 19.3 Å². The minimum absolute atomic E-state index is 0.108. The molecule has 4 rings (SSSR count). The van der Waals surface area contributed by atoms with Crippen molar-refractivity contribution in [2.75, 3.05) is 5.32 Å². The van der Waals surface area contributed by atoms with Gasteiger partial charge in [0.2, 0.25) is 5.60 Å². The highest BCUT2D eigenvalue weighted by Gasteiger charge is 2.61. The first-order valence-electron chi connectivity index (χ1n) is 13.9. The Labute approximate surface area is 249 Å². The van der Waals surface area contributed by atoms with Gasteiger partial charge in [0.15, 0.2) is 5.69 Å². The lowest BCUT2D eigenvalue weighted by atomic mass is 9.94. The highest BCUT2D eigenvalue weighted by atomic mass is 19.4. The van der Waals surface area contributed by atoms with Gasteiger partial charge in [0.25, 0.3) is 11.8 Å². The fourth-order valence-electron chi connectivity index (χ4n) is 4.66. The zero-order chi connectivity index (χ0) is 32.3. The Morgan fingerprint density at radius 1 is 1.05 bits per heavy atom. The fraction of sp³-hybridized carbons (Fsp3) is 0.467. The van der Waals surface area contributed by atoms with Crippen LogP contribution in [0.2, 0.25) is 0 Å². The summed E-state index contributed by atoms with van der Waals surface area (Å²) in [6.07, 6.45) is -8.17. The van der Waals surface area contributed by atoms with Crippen molar-refractivity contribution in [3.63, 3.8) is 0 Å². The molecule has 2 unspecified atom stereocenters. The molecule has 3 heterocycles. The largest absolute Gasteiger partial charge is 0.444 e. The third kappa shape index (κ3) is 7.58. The van der Waals surface area contributed by atoms with Gasteiger partial charge >= 0.3 is 18.4 Å². The number of alkyl halides is 6. The maximum atomic E-state index is 14.9. The van der Waals surface area contributed by atoms with E-state index < -0.39 is 83.0 Å². The van der Waals surface area contributed by atoms with Crippen molar-refractivity contribution in [1.29, 1.82) is 0 Å². The van der Waals surface area contributed by atoms with Crippen LogP contribution in [0, 0.1) is 0 Å². The van der Waals surface area contributed by atoms with E-state index in [1.165, 1.54) is 6.08 Å². The van der Waals surface area contributed by atoms with Crippen LogP contribution < -0.4 is 5.32 Å². The van der Waals surface area contributed by atoms with E-state index in [9.17, 15) is 31.1 Å². The maximum absolute atomic E-state index is 14.9. The lowest BCUT2D eigenvalue weighted by Gasteiger charge is -2.32. The molecule has 44 heavy (non-hydrogen) atoms. The van der Waals surface area contributed by atoms with Crippen molar-refractivity contribution in [3.05, 3.63) is 71.3 Å². The van der Waals surface area contributed by atoms with E-state index in [1.807, 2.05) is 0 Å². The number of hydrogen-bond donors (Lipinski definition) is 1. The van der Waals surface area contributed by atoms with Crippen LogP contribution in [0.3, 0.4) is 0 Å². The summed E-state index contributed by atoms with van der Waals surface area (Å²) in [6, 6.07) is 8.83. The Kier molecular flexibility index (Phi) is 9.43. The van der Waals surface area contributed by atoms with E-state index in [2.05, 4.69) is 20.5 Å². The summed E-state index contributed by atoms with van der Waals surface area (Å²) < 4.78 is 104. The Bertz CT molecular complexity index is 1480. The number of halogens is 6. The van der Waals surface area contributed by atoms with Gasteiger partial charge in [0.05, 0.1) is 23.6 Å². The minimum atomic E-state index is -5.04. The number of aromatic nitrogens is 3. The van der Waals surface area contributed by atoms with Crippen molar-refractivity contribution in [1.82, 2.24) is 15.2 Å². The SMILES string of the molecule is CC1CC/C=C\CCC(OCc2ccccc2)(C(F)(F)F)c2nnc(o2)-c2nc1c(C(F)(F)F)cc2NC(=O)OC(C)(C)C. The Morgan fingerprint density at radius 3 is 2.36 bits per heavy atom. The number of carbonyl (C=O) groups is 1. The second-order valence-corrected chi connectivity index (χ2v) is 11.4. The molecule has 1 N–H and O–H groups in total. The average Bonchev–Trinajstić information content (AvgIpc) is 3.40. The molecule has 4 bridgehead atoms. The molecule has 8 nitrogen and oxygen atoms in total. The van der Waals surface area contributed by atoms with E-state index in [1.54, 1.807) is 64.1 Å². The van der Waals surface area contributed by atoms with E-state index in [0.29, 0.717) is 11.6 Å². The molecular formula is C30H32F6N4O4. The third-order valence-electron chi connectivity index (χ3n) is 6.81. The number of rotatable bonds is 4. The number of benzene rings is 1. The summed E-state index contributed by atoms with van der Waals surface area (Å²) in [5, 5.41) is 9.65. The van der Waals surface area contributed by atoms with Crippen LogP contribution in [0.1, 0.15) is 82.0 Å². The number of pyridine rings is 1. The first-order chi connectivity index (χ1) is 20.5. The smallest absolute Gasteiger partial charge is 0.426 e. The van der Waals surface area contributed by atoms with Gasteiger partial charge in [0, 0.05) is 0 Å². The molecule has 14 heteroatoms. The zero-order valence-electron chi connectivity index (χ0n) is 24.5. The molecule has 238 valence electrons. The average molecular weight is 627 g/mol. The summed E-state index contributed by atoms with van der Waals surface area (Å²) >= 11 is 0. The van der Waals surface area contributed by atoms with E-state index >= 15 is 0 Å². The molecular weight excluding hydrogens is 594 g/mol. The minimum Gasteiger partial charge on any atom is -0.444 e. The van der Waals surface area contributed by atoms with Gasteiger partial charge in [-0.05, 0) is 64.0 Å². The zero-order valence-corrected chi connectivity index (χ0v) is 24.5. The Hall–Kier alpha value is -3.94. The number of amides is 1. The van der Waals surface area contributed by atoms with Crippen molar-refractivity contribution in [2.45, 2.75) is 89.5 Å². The first kappa shape index (κ1) is 33.0. The molecule has 2 aromatic heterocycles. The second-order valence-electron chi connectivity index (χ2n) is 11.4. The summed E-state index contributed by atoms with van der Waals surface area (Å²) in [4.78, 5) is 16.8. The highest BCUT2D eigenvalue weighted by Crippen LogP contribution is 2.47. The third-order valence-corrected chi connectivity index (χ3v) is 6.81. The molecule has 3 aromatic rings. The van der Waals surface area contributed by atoms with Crippen LogP contribution in [0.25, 0.3) is 11.6 Å². The quantitative estimate of drug-likeness (QED) is 0.228. The number of anilines is 1. The second kappa shape index (κ2) is 12.6. The van der Waals surface area contributed by atoms with Gasteiger partial charge in [-0.25, -0.2) is 9.78 Å². The van der Waals surface area contributed by atoms with Crippen LogP contribution in [0.4, 0.5) is 36.8 Å². The van der Waals surface area contributed by atoms with Crippen LogP contribution >= 0.6 is 0 Å². The number of carbonyl (C=O) groups excluding carboxylic acids is 1.